The van der Waals surface area contributed by atoms with Crippen LogP contribution in [-0.2, 0) is 0 Å². The monoisotopic (exact) mass is 215 g/mol. The van der Waals surface area contributed by atoms with Gasteiger partial charge in [0.25, 0.3) is 0 Å². The standard InChI is InChI=1S/C7H10BrN3/c8-5-2-1-3-11-7(5)6(10)4-9/h1-3,6H,4,9-10H2/t6-/m1/s1. The molecule has 0 fully saturated rings. The first-order valence-corrected chi connectivity index (χ1v) is 4.11. The van der Waals surface area contributed by atoms with Crippen LogP contribution in [0, 0.1) is 0 Å². The van der Waals surface area contributed by atoms with Crippen LogP contribution >= 0.6 is 15.9 Å². The summed E-state index contributed by atoms with van der Waals surface area (Å²) < 4.78 is 0.915. The van der Waals surface area contributed by atoms with Gasteiger partial charge < -0.3 is 11.5 Å². The van der Waals surface area contributed by atoms with Crippen molar-refractivity contribution in [3.05, 3.63) is 28.5 Å². The van der Waals surface area contributed by atoms with E-state index in [1.54, 1.807) is 6.20 Å². The number of nitrogens with zero attached hydrogens (tertiary/aromatic N) is 1. The van der Waals surface area contributed by atoms with Crippen LogP contribution in [0.5, 0.6) is 0 Å². The molecule has 60 valence electrons. The van der Waals surface area contributed by atoms with Crippen LogP contribution in [-0.4, -0.2) is 11.5 Å². The van der Waals surface area contributed by atoms with Gasteiger partial charge in [0, 0.05) is 17.2 Å². The molecule has 0 spiro atoms. The van der Waals surface area contributed by atoms with Crippen molar-refractivity contribution in [2.45, 2.75) is 6.04 Å². The number of nitrogens with two attached hydrogens (primary N) is 2. The van der Waals surface area contributed by atoms with E-state index in [-0.39, 0.29) is 6.04 Å². The molecular formula is C7H10BrN3. The number of halogens is 1. The largest absolute Gasteiger partial charge is 0.329 e. The van der Waals surface area contributed by atoms with Gasteiger partial charge in [-0.2, -0.15) is 0 Å². The summed E-state index contributed by atoms with van der Waals surface area (Å²) >= 11 is 3.34. The van der Waals surface area contributed by atoms with Crippen molar-refractivity contribution < 1.29 is 0 Å². The molecule has 0 amide bonds. The second-order valence-electron chi connectivity index (χ2n) is 2.21. The van der Waals surface area contributed by atoms with Crippen LogP contribution < -0.4 is 11.5 Å². The zero-order valence-electron chi connectivity index (χ0n) is 6.00. The molecule has 0 saturated carbocycles. The molecule has 0 aliphatic heterocycles. The average Bonchev–Trinajstić information content (AvgIpc) is 2.04. The van der Waals surface area contributed by atoms with Gasteiger partial charge in [-0.3, -0.25) is 4.98 Å². The predicted octanol–water partition coefficient (Wildman–Crippen LogP) is 0.803. The van der Waals surface area contributed by atoms with Crippen molar-refractivity contribution in [2.75, 3.05) is 6.54 Å². The van der Waals surface area contributed by atoms with Crippen molar-refractivity contribution in [1.29, 1.82) is 0 Å². The topological polar surface area (TPSA) is 64.9 Å². The molecule has 0 aliphatic carbocycles. The molecule has 0 saturated heterocycles. The molecule has 0 unspecified atom stereocenters. The van der Waals surface area contributed by atoms with Crippen molar-refractivity contribution in [3.8, 4) is 0 Å². The summed E-state index contributed by atoms with van der Waals surface area (Å²) in [6.45, 7) is 0.412. The van der Waals surface area contributed by atoms with Crippen LogP contribution in [0.15, 0.2) is 22.8 Å². The van der Waals surface area contributed by atoms with Crippen LogP contribution in [0.4, 0.5) is 0 Å². The average molecular weight is 216 g/mol. The molecule has 0 aromatic carbocycles. The number of hydrogen-bond donors (Lipinski definition) is 2. The van der Waals surface area contributed by atoms with E-state index in [0.717, 1.165) is 10.2 Å². The summed E-state index contributed by atoms with van der Waals surface area (Å²) in [5.74, 6) is 0. The Hall–Kier alpha value is -0.450. The highest BCUT2D eigenvalue weighted by atomic mass is 79.9. The predicted molar refractivity (Wildman–Crippen MR) is 47.9 cm³/mol. The molecule has 3 nitrogen and oxygen atoms in total. The first-order chi connectivity index (χ1) is 5.25. The van der Waals surface area contributed by atoms with Crippen LogP contribution in [0.3, 0.4) is 0 Å². The van der Waals surface area contributed by atoms with Gasteiger partial charge in [0.15, 0.2) is 0 Å². The number of rotatable bonds is 2. The minimum atomic E-state index is -0.175. The van der Waals surface area contributed by atoms with E-state index >= 15 is 0 Å². The minimum Gasteiger partial charge on any atom is -0.329 e. The Balaban J connectivity index is 2.93. The van der Waals surface area contributed by atoms with E-state index in [0.29, 0.717) is 6.54 Å². The fraction of sp³-hybridized carbons (Fsp3) is 0.286. The Bertz CT molecular complexity index is 239. The maximum atomic E-state index is 5.68. The van der Waals surface area contributed by atoms with Gasteiger partial charge in [0.2, 0.25) is 0 Å². The normalized spacial score (nSPS) is 13.0. The fourth-order valence-electron chi connectivity index (χ4n) is 0.782. The summed E-state index contributed by atoms with van der Waals surface area (Å²) in [7, 11) is 0. The zero-order valence-corrected chi connectivity index (χ0v) is 7.58. The SMILES string of the molecule is NC[C@@H](N)c1ncccc1Br. The highest BCUT2D eigenvalue weighted by Gasteiger charge is 2.07. The van der Waals surface area contributed by atoms with Gasteiger partial charge in [0.05, 0.1) is 11.7 Å². The Morgan fingerprint density at radius 3 is 2.91 bits per heavy atom. The first-order valence-electron chi connectivity index (χ1n) is 3.31. The van der Waals surface area contributed by atoms with Gasteiger partial charge >= 0.3 is 0 Å². The second kappa shape index (κ2) is 3.80. The third kappa shape index (κ3) is 1.99. The maximum absolute atomic E-state index is 5.68. The van der Waals surface area contributed by atoms with E-state index in [2.05, 4.69) is 20.9 Å². The molecule has 1 atom stereocenters. The lowest BCUT2D eigenvalue weighted by Gasteiger charge is -2.08. The Labute approximate surface area is 73.9 Å². The lowest BCUT2D eigenvalue weighted by Crippen LogP contribution is -2.22. The lowest BCUT2D eigenvalue weighted by molar-refractivity contribution is 0.707. The summed E-state index contributed by atoms with van der Waals surface area (Å²) in [6.07, 6.45) is 1.70. The van der Waals surface area contributed by atoms with Gasteiger partial charge in [0.1, 0.15) is 0 Å². The molecule has 0 radical (unpaired) electrons. The molecule has 1 rings (SSSR count). The fourth-order valence-corrected chi connectivity index (χ4v) is 1.33. The second-order valence-corrected chi connectivity index (χ2v) is 3.07. The van der Waals surface area contributed by atoms with E-state index in [1.807, 2.05) is 12.1 Å². The number of aromatic nitrogens is 1. The molecule has 1 aromatic heterocycles. The molecule has 4 heteroatoms. The zero-order chi connectivity index (χ0) is 8.27. The third-order valence-electron chi connectivity index (χ3n) is 1.39. The third-order valence-corrected chi connectivity index (χ3v) is 2.06. The highest BCUT2D eigenvalue weighted by Crippen LogP contribution is 2.17. The molecule has 0 aliphatic rings. The molecule has 0 bridgehead atoms. The van der Waals surface area contributed by atoms with Crippen LogP contribution in [0.1, 0.15) is 11.7 Å². The van der Waals surface area contributed by atoms with E-state index < -0.39 is 0 Å². The molecule has 4 N–H and O–H groups in total. The molecular weight excluding hydrogens is 206 g/mol. The summed E-state index contributed by atoms with van der Waals surface area (Å²) in [5, 5.41) is 0. The summed E-state index contributed by atoms with van der Waals surface area (Å²) in [5.41, 5.74) is 11.9. The van der Waals surface area contributed by atoms with Crippen molar-refractivity contribution >= 4 is 15.9 Å². The minimum absolute atomic E-state index is 0.175. The van der Waals surface area contributed by atoms with Crippen LogP contribution in [0.25, 0.3) is 0 Å². The Morgan fingerprint density at radius 1 is 1.64 bits per heavy atom. The van der Waals surface area contributed by atoms with E-state index in [9.17, 15) is 0 Å². The summed E-state index contributed by atoms with van der Waals surface area (Å²) in [4.78, 5) is 4.10. The Morgan fingerprint density at radius 2 is 2.36 bits per heavy atom. The maximum Gasteiger partial charge on any atom is 0.0725 e. The molecule has 11 heavy (non-hydrogen) atoms. The number of pyridine rings is 1. The van der Waals surface area contributed by atoms with Gasteiger partial charge in [-0.15, -0.1) is 0 Å². The molecule has 1 heterocycles. The van der Waals surface area contributed by atoms with Crippen molar-refractivity contribution in [3.63, 3.8) is 0 Å². The first kappa shape index (κ1) is 8.64. The lowest BCUT2D eigenvalue weighted by atomic mass is 10.2. The molecule has 1 aromatic rings. The van der Waals surface area contributed by atoms with Gasteiger partial charge in [-0.25, -0.2) is 0 Å². The van der Waals surface area contributed by atoms with E-state index in [1.165, 1.54) is 0 Å². The van der Waals surface area contributed by atoms with Crippen LogP contribution in [0.2, 0.25) is 0 Å². The van der Waals surface area contributed by atoms with Gasteiger partial charge in [-0.1, -0.05) is 0 Å². The summed E-state index contributed by atoms with van der Waals surface area (Å²) in [6, 6.07) is 3.57. The highest BCUT2D eigenvalue weighted by molar-refractivity contribution is 9.10. The number of hydrogen-bond acceptors (Lipinski definition) is 3. The smallest absolute Gasteiger partial charge is 0.0725 e. The van der Waals surface area contributed by atoms with Crippen molar-refractivity contribution in [1.82, 2.24) is 4.98 Å². The Kier molecular flexibility index (Phi) is 2.99. The van der Waals surface area contributed by atoms with Gasteiger partial charge in [-0.05, 0) is 28.1 Å². The quantitative estimate of drug-likeness (QED) is 0.768. The van der Waals surface area contributed by atoms with Crippen molar-refractivity contribution in [2.24, 2.45) is 11.5 Å². The van der Waals surface area contributed by atoms with E-state index in [4.69, 9.17) is 11.5 Å².